The molecule has 2 N–H and O–H groups in total. The fourth-order valence-corrected chi connectivity index (χ4v) is 5.78. The van der Waals surface area contributed by atoms with Crippen molar-refractivity contribution in [1.29, 1.82) is 0 Å². The van der Waals surface area contributed by atoms with Crippen LogP contribution in [0.5, 0.6) is 11.6 Å². The van der Waals surface area contributed by atoms with Gasteiger partial charge in [0.1, 0.15) is 5.82 Å². The van der Waals surface area contributed by atoms with Crippen molar-refractivity contribution in [3.8, 4) is 34.3 Å². The number of methoxy groups -OCH3 is 2. The molecular weight excluding hydrogens is 509 g/mol. The van der Waals surface area contributed by atoms with E-state index in [0.717, 1.165) is 27.7 Å². The fraction of sp³-hybridized carbons (Fsp3) is 0.250. The lowest BCUT2D eigenvalue weighted by Gasteiger charge is -2.22. The number of halogens is 1. The Morgan fingerprint density at radius 2 is 1.98 bits per heavy atom. The number of ether oxygens (including phenoxy) is 2. The molecule has 1 atom stereocenters. The molecule has 4 heterocycles. The molecule has 204 valence electrons. The minimum Gasteiger partial charge on any atom is -0.491 e. The Labute approximate surface area is 231 Å². The summed E-state index contributed by atoms with van der Waals surface area (Å²) in [6.45, 7) is 0.465. The predicted molar refractivity (Wildman–Crippen MR) is 151 cm³/mol. The van der Waals surface area contributed by atoms with Gasteiger partial charge in [0.05, 0.1) is 31.3 Å². The van der Waals surface area contributed by atoms with Crippen LogP contribution < -0.4 is 9.47 Å². The number of carbonyl (C=O) groups is 1. The first-order valence-electron chi connectivity index (χ1n) is 13.3. The van der Waals surface area contributed by atoms with Gasteiger partial charge in [-0.15, -0.1) is 0 Å². The molecule has 0 spiro atoms. The third-order valence-corrected chi connectivity index (χ3v) is 7.71. The van der Waals surface area contributed by atoms with Crippen molar-refractivity contribution in [2.24, 2.45) is 5.92 Å². The molecule has 0 fully saturated rings. The number of nitrogens with zero attached hydrogens (tertiary/aromatic N) is 2. The predicted octanol–water partition coefficient (Wildman–Crippen LogP) is 5.83. The molecule has 0 aliphatic carbocycles. The summed E-state index contributed by atoms with van der Waals surface area (Å²) in [6, 6.07) is 18.1. The molecule has 3 aromatic heterocycles. The Balaban J connectivity index is 1.41. The summed E-state index contributed by atoms with van der Waals surface area (Å²) in [7, 11) is 3.11. The van der Waals surface area contributed by atoms with Gasteiger partial charge in [-0.05, 0) is 60.2 Å². The third-order valence-electron chi connectivity index (χ3n) is 7.71. The maximum absolute atomic E-state index is 14.4. The molecule has 1 aliphatic heterocycles. The molecule has 40 heavy (non-hydrogen) atoms. The number of benzene rings is 2. The molecule has 0 saturated heterocycles. The number of carbonyl (C=O) groups excluding carboxylic acids is 1. The Kier molecular flexibility index (Phi) is 6.86. The molecule has 1 aliphatic rings. The van der Waals surface area contributed by atoms with Crippen molar-refractivity contribution in [1.82, 2.24) is 14.5 Å². The zero-order valence-corrected chi connectivity index (χ0v) is 22.4. The van der Waals surface area contributed by atoms with Crippen molar-refractivity contribution in [3.63, 3.8) is 0 Å². The molecule has 8 heteroatoms. The number of aromatic amines is 1. The van der Waals surface area contributed by atoms with Crippen LogP contribution in [0.2, 0.25) is 0 Å². The maximum atomic E-state index is 14.4. The Hall–Kier alpha value is -4.43. The van der Waals surface area contributed by atoms with E-state index in [-0.39, 0.29) is 30.5 Å². The number of aromatic nitrogens is 3. The van der Waals surface area contributed by atoms with Crippen LogP contribution >= 0.6 is 0 Å². The molecule has 0 amide bonds. The van der Waals surface area contributed by atoms with E-state index in [1.54, 1.807) is 13.2 Å². The first kappa shape index (κ1) is 25.8. The molecule has 2 aromatic carbocycles. The highest BCUT2D eigenvalue weighted by Crippen LogP contribution is 2.41. The first-order valence-corrected chi connectivity index (χ1v) is 13.3. The van der Waals surface area contributed by atoms with Crippen molar-refractivity contribution in [2.75, 3.05) is 20.8 Å². The van der Waals surface area contributed by atoms with Gasteiger partial charge >= 0.3 is 0 Å². The average Bonchev–Trinajstić information content (AvgIpc) is 3.58. The smallest absolute Gasteiger partial charge is 0.257 e. The summed E-state index contributed by atoms with van der Waals surface area (Å²) in [5, 5.41) is 11.3. The number of pyridine rings is 1. The van der Waals surface area contributed by atoms with E-state index in [0.29, 0.717) is 53.5 Å². The van der Waals surface area contributed by atoms with Gasteiger partial charge in [-0.2, -0.15) is 0 Å². The van der Waals surface area contributed by atoms with Gasteiger partial charge in [-0.1, -0.05) is 30.3 Å². The SMILES string of the molecule is COc1cc2c(nc1OC)-c1cc(C(=O)CC(CO)Cc3c[nH]c4ccccc34)c(-c3cccc(F)c3)n1CC2. The van der Waals surface area contributed by atoms with Gasteiger partial charge < -0.3 is 24.1 Å². The molecule has 6 rings (SSSR count). The number of aliphatic hydroxyl groups is 1. The van der Waals surface area contributed by atoms with Crippen LogP contribution in [0, 0.1) is 11.7 Å². The van der Waals surface area contributed by atoms with Gasteiger partial charge in [0, 0.05) is 47.8 Å². The van der Waals surface area contributed by atoms with E-state index in [2.05, 4.69) is 4.98 Å². The number of fused-ring (bicyclic) bond motifs is 4. The third kappa shape index (κ3) is 4.54. The lowest BCUT2D eigenvalue weighted by molar-refractivity contribution is 0.0936. The Bertz CT molecular complexity index is 1720. The van der Waals surface area contributed by atoms with Crippen molar-refractivity contribution in [2.45, 2.75) is 25.8 Å². The van der Waals surface area contributed by atoms with Crippen LogP contribution in [0.25, 0.3) is 33.5 Å². The fourth-order valence-electron chi connectivity index (χ4n) is 5.78. The lowest BCUT2D eigenvalue weighted by Crippen LogP contribution is -2.16. The monoisotopic (exact) mass is 539 g/mol. The molecule has 0 bridgehead atoms. The minimum atomic E-state index is -0.375. The lowest BCUT2D eigenvalue weighted by atomic mass is 9.91. The largest absolute Gasteiger partial charge is 0.491 e. The second-order valence-corrected chi connectivity index (χ2v) is 10.2. The van der Waals surface area contributed by atoms with E-state index < -0.39 is 0 Å². The van der Waals surface area contributed by atoms with Gasteiger partial charge in [-0.25, -0.2) is 9.37 Å². The number of rotatable bonds is 9. The highest BCUT2D eigenvalue weighted by atomic mass is 19.1. The number of aryl methyl sites for hydroxylation is 1. The normalized spacial score (nSPS) is 13.1. The molecule has 7 nitrogen and oxygen atoms in total. The van der Waals surface area contributed by atoms with E-state index in [9.17, 15) is 14.3 Å². The number of ketones is 1. The number of H-pyrrole nitrogens is 1. The maximum Gasteiger partial charge on any atom is 0.257 e. The highest BCUT2D eigenvalue weighted by molar-refractivity contribution is 6.03. The molecule has 0 radical (unpaired) electrons. The number of para-hydroxylation sites is 1. The zero-order valence-electron chi connectivity index (χ0n) is 22.4. The topological polar surface area (TPSA) is 89.4 Å². The second-order valence-electron chi connectivity index (χ2n) is 10.2. The Morgan fingerprint density at radius 1 is 1.12 bits per heavy atom. The Morgan fingerprint density at radius 3 is 2.75 bits per heavy atom. The number of aliphatic hydroxyl groups excluding tert-OH is 1. The standard InChI is InChI=1S/C32H30FN3O4/c1-39-29-15-20-10-11-36-27(30(20)35-32(29)40-2)16-25(31(36)21-6-5-7-23(33)14-21)28(38)13-19(18-37)12-22-17-34-26-9-4-3-8-24(22)26/h3-9,14-17,19,34,37H,10-13,18H2,1-2H3. The number of hydrogen-bond donors (Lipinski definition) is 2. The van der Waals surface area contributed by atoms with Crippen LogP contribution in [-0.4, -0.2) is 46.3 Å². The van der Waals surface area contributed by atoms with Gasteiger partial charge in [0.15, 0.2) is 11.5 Å². The average molecular weight is 540 g/mol. The minimum absolute atomic E-state index is 0.109. The van der Waals surface area contributed by atoms with Crippen LogP contribution in [0.15, 0.2) is 66.9 Å². The van der Waals surface area contributed by atoms with Crippen molar-refractivity contribution in [3.05, 3.63) is 89.4 Å². The second kappa shape index (κ2) is 10.6. The summed E-state index contributed by atoms with van der Waals surface area (Å²) in [4.78, 5) is 21.9. The van der Waals surface area contributed by atoms with Crippen LogP contribution in [-0.2, 0) is 19.4 Å². The summed E-state index contributed by atoms with van der Waals surface area (Å²) >= 11 is 0. The summed E-state index contributed by atoms with van der Waals surface area (Å²) < 4.78 is 27.3. The van der Waals surface area contributed by atoms with Crippen LogP contribution in [0.1, 0.15) is 27.9 Å². The number of hydrogen-bond acceptors (Lipinski definition) is 5. The first-order chi connectivity index (χ1) is 19.5. The van der Waals surface area contributed by atoms with Crippen molar-refractivity contribution < 1.29 is 23.8 Å². The van der Waals surface area contributed by atoms with Crippen LogP contribution in [0.3, 0.4) is 0 Å². The molecular formula is C32H30FN3O4. The van der Waals surface area contributed by atoms with Gasteiger partial charge in [0.25, 0.3) is 5.88 Å². The summed E-state index contributed by atoms with van der Waals surface area (Å²) in [5.41, 5.74) is 6.30. The van der Waals surface area contributed by atoms with Crippen LogP contribution in [0.4, 0.5) is 4.39 Å². The molecule has 0 saturated carbocycles. The quantitative estimate of drug-likeness (QED) is 0.230. The van der Waals surface area contributed by atoms with E-state index in [1.165, 1.54) is 19.2 Å². The summed E-state index contributed by atoms with van der Waals surface area (Å²) in [6.07, 6.45) is 3.31. The number of Topliss-reactive ketones (excluding diaryl/α,β-unsaturated/α-hetero) is 1. The molecule has 5 aromatic rings. The zero-order chi connectivity index (χ0) is 27.8. The van der Waals surface area contributed by atoms with Gasteiger partial charge in [-0.3, -0.25) is 4.79 Å². The van der Waals surface area contributed by atoms with Crippen molar-refractivity contribution >= 4 is 16.7 Å². The number of nitrogens with one attached hydrogen (secondary N) is 1. The van der Waals surface area contributed by atoms with E-state index in [1.807, 2.05) is 53.2 Å². The molecule has 1 unspecified atom stereocenters. The highest BCUT2D eigenvalue weighted by Gasteiger charge is 2.29. The van der Waals surface area contributed by atoms with Gasteiger partial charge in [0.2, 0.25) is 0 Å². The van der Waals surface area contributed by atoms with E-state index in [4.69, 9.17) is 14.5 Å². The van der Waals surface area contributed by atoms with E-state index >= 15 is 0 Å². The summed E-state index contributed by atoms with van der Waals surface area (Å²) in [5.74, 6) is 0.140.